The Hall–Kier alpha value is -2.18. The average Bonchev–Trinajstić information content (AvgIpc) is 2.67. The predicted molar refractivity (Wildman–Crippen MR) is 105 cm³/mol. The van der Waals surface area contributed by atoms with Crippen molar-refractivity contribution in [3.63, 3.8) is 0 Å². The molecule has 2 heterocycles. The summed E-state index contributed by atoms with van der Waals surface area (Å²) in [5.41, 5.74) is 2.04. The van der Waals surface area contributed by atoms with Crippen molar-refractivity contribution in [3.05, 3.63) is 82.4 Å². The Kier molecular flexibility index (Phi) is 4.78. The number of hydrogen-bond donors (Lipinski definition) is 1. The molecule has 1 fully saturated rings. The molecule has 0 radical (unpaired) electrons. The molecule has 0 spiro atoms. The van der Waals surface area contributed by atoms with Gasteiger partial charge in [-0.1, -0.05) is 60.7 Å². The van der Waals surface area contributed by atoms with Gasteiger partial charge in [-0.3, -0.25) is 9.69 Å². The highest BCUT2D eigenvalue weighted by molar-refractivity contribution is 8.01. The van der Waals surface area contributed by atoms with Crippen LogP contribution in [0.25, 0.3) is 0 Å². The molecule has 0 aliphatic carbocycles. The Labute approximate surface area is 161 Å². The van der Waals surface area contributed by atoms with E-state index in [1.165, 1.54) is 4.90 Å². The molecule has 2 aliphatic rings. The summed E-state index contributed by atoms with van der Waals surface area (Å²) < 4.78 is 5.88. The Morgan fingerprint density at radius 1 is 1.08 bits per heavy atom. The Morgan fingerprint density at radius 2 is 1.65 bits per heavy atom. The molecular weight excluding hydrogens is 366 g/mol. The first kappa shape index (κ1) is 17.2. The van der Waals surface area contributed by atoms with E-state index in [0.717, 1.165) is 11.1 Å². The molecule has 6 heteroatoms. The van der Waals surface area contributed by atoms with Gasteiger partial charge >= 0.3 is 5.97 Å². The molecule has 0 N–H and O–H groups in total. The highest BCUT2D eigenvalue weighted by Crippen LogP contribution is 2.42. The van der Waals surface area contributed by atoms with Gasteiger partial charge in [-0.15, -0.1) is 24.4 Å². The van der Waals surface area contributed by atoms with Gasteiger partial charge in [-0.2, -0.15) is 0 Å². The number of ether oxygens (including phenoxy) is 1. The zero-order chi connectivity index (χ0) is 18.1. The quantitative estimate of drug-likeness (QED) is 0.496. The third-order valence-corrected chi connectivity index (χ3v) is 6.26. The number of rotatable bonds is 4. The summed E-state index contributed by atoms with van der Waals surface area (Å²) in [6.45, 7) is 0. The van der Waals surface area contributed by atoms with E-state index < -0.39 is 12.1 Å². The lowest BCUT2D eigenvalue weighted by atomic mass is 10.0. The van der Waals surface area contributed by atoms with Crippen LogP contribution in [0.5, 0.6) is 0 Å². The van der Waals surface area contributed by atoms with Crippen LogP contribution in [0.15, 0.2) is 71.3 Å². The molecule has 26 heavy (non-hydrogen) atoms. The highest BCUT2D eigenvalue weighted by Gasteiger charge is 2.45. The molecule has 2 aromatic rings. The van der Waals surface area contributed by atoms with Crippen LogP contribution < -0.4 is 0 Å². The van der Waals surface area contributed by atoms with E-state index in [1.807, 2.05) is 60.7 Å². The van der Waals surface area contributed by atoms with Gasteiger partial charge < -0.3 is 4.74 Å². The number of β-lactam (4-membered cyclic amide) rings is 1. The minimum Gasteiger partial charge on any atom is -0.448 e. The number of esters is 1. The number of carbonyl (C=O) groups excluding carboxylic acids is 2. The van der Waals surface area contributed by atoms with Crippen LogP contribution in [0, 0.1) is 0 Å². The van der Waals surface area contributed by atoms with Crippen molar-refractivity contribution in [2.24, 2.45) is 0 Å². The normalized spacial score (nSPS) is 19.2. The maximum Gasteiger partial charge on any atom is 0.356 e. The van der Waals surface area contributed by atoms with Crippen molar-refractivity contribution < 1.29 is 14.3 Å². The van der Waals surface area contributed by atoms with Gasteiger partial charge in [-0.05, 0) is 11.1 Å². The number of carbonyl (C=O) groups is 2. The van der Waals surface area contributed by atoms with E-state index in [9.17, 15) is 9.59 Å². The van der Waals surface area contributed by atoms with Crippen LogP contribution >= 0.6 is 24.4 Å². The second-order valence-electron chi connectivity index (χ2n) is 6.14. The van der Waals surface area contributed by atoms with Gasteiger partial charge in [0.15, 0.2) is 6.10 Å². The van der Waals surface area contributed by atoms with Gasteiger partial charge in [-0.25, -0.2) is 4.79 Å². The molecule has 2 aromatic carbocycles. The molecule has 1 amide bonds. The molecule has 4 rings (SSSR count). The first-order valence-corrected chi connectivity index (χ1v) is 9.81. The van der Waals surface area contributed by atoms with E-state index in [1.54, 1.807) is 11.8 Å². The largest absolute Gasteiger partial charge is 0.448 e. The van der Waals surface area contributed by atoms with Crippen LogP contribution in [0.2, 0.25) is 0 Å². The fourth-order valence-corrected chi connectivity index (χ4v) is 4.68. The predicted octanol–water partition coefficient (Wildman–Crippen LogP) is 3.77. The molecule has 0 saturated carbocycles. The number of benzene rings is 2. The zero-order valence-corrected chi connectivity index (χ0v) is 15.6. The zero-order valence-electron chi connectivity index (χ0n) is 13.9. The Balaban J connectivity index is 1.66. The van der Waals surface area contributed by atoms with E-state index in [4.69, 9.17) is 4.74 Å². The van der Waals surface area contributed by atoms with E-state index in [2.05, 4.69) is 12.6 Å². The molecule has 4 nitrogen and oxygen atoms in total. The molecule has 0 unspecified atom stereocenters. The minimum atomic E-state index is -0.539. The van der Waals surface area contributed by atoms with Gasteiger partial charge in [0.05, 0.1) is 11.8 Å². The first-order valence-electron chi connectivity index (χ1n) is 8.32. The number of hydrogen-bond acceptors (Lipinski definition) is 5. The second-order valence-corrected chi connectivity index (χ2v) is 7.84. The molecule has 132 valence electrons. The standard InChI is InChI=1S/C20H17NO3S2/c22-16-11-17-21(16)18(15(25)12-26-17)20(23)24-19(13-7-3-1-4-8-13)14-9-5-2-6-10-14/h1-10,17,19,25H,11-12H2/t17-/m1/s1. The van der Waals surface area contributed by atoms with E-state index in [0.29, 0.717) is 17.1 Å². The van der Waals surface area contributed by atoms with Crippen LogP contribution in [0.1, 0.15) is 23.7 Å². The fourth-order valence-electron chi connectivity index (χ4n) is 3.14. The summed E-state index contributed by atoms with van der Waals surface area (Å²) >= 11 is 6.05. The van der Waals surface area contributed by atoms with Crippen molar-refractivity contribution in [3.8, 4) is 0 Å². The smallest absolute Gasteiger partial charge is 0.356 e. The van der Waals surface area contributed by atoms with Gasteiger partial charge in [0.25, 0.3) is 0 Å². The summed E-state index contributed by atoms with van der Waals surface area (Å²) in [7, 11) is 0. The maximum absolute atomic E-state index is 13.0. The SMILES string of the molecule is O=C(OC(c1ccccc1)c1ccccc1)C1=C(S)CS[C@@H]2CC(=O)N12. The van der Waals surface area contributed by atoms with E-state index in [-0.39, 0.29) is 17.0 Å². The number of fused-ring (bicyclic) bond motifs is 1. The minimum absolute atomic E-state index is 0.0212. The van der Waals surface area contributed by atoms with E-state index >= 15 is 0 Å². The molecule has 0 bridgehead atoms. The van der Waals surface area contributed by atoms with Gasteiger partial charge in [0, 0.05) is 10.7 Å². The second kappa shape index (κ2) is 7.21. The van der Waals surface area contributed by atoms with Crippen molar-refractivity contribution in [2.45, 2.75) is 17.9 Å². The molecular formula is C20H17NO3S2. The van der Waals surface area contributed by atoms with Crippen LogP contribution in [0.4, 0.5) is 0 Å². The Bertz CT molecular complexity index is 828. The monoisotopic (exact) mass is 383 g/mol. The van der Waals surface area contributed by atoms with Crippen molar-refractivity contribution in [1.29, 1.82) is 0 Å². The first-order chi connectivity index (χ1) is 12.6. The summed E-state index contributed by atoms with van der Waals surface area (Å²) in [4.78, 5) is 27.1. The van der Waals surface area contributed by atoms with Crippen molar-refractivity contribution >= 4 is 36.3 Å². The number of nitrogens with zero attached hydrogens (tertiary/aromatic N) is 1. The maximum atomic E-state index is 13.0. The topological polar surface area (TPSA) is 46.6 Å². The third-order valence-electron chi connectivity index (χ3n) is 4.46. The molecule has 1 saturated heterocycles. The lowest BCUT2D eigenvalue weighted by molar-refractivity contribution is -0.151. The number of thioether (sulfide) groups is 1. The summed E-state index contributed by atoms with van der Waals surface area (Å²) in [6, 6.07) is 19.2. The van der Waals surface area contributed by atoms with Gasteiger partial charge in [0.2, 0.25) is 5.91 Å². The Morgan fingerprint density at radius 3 is 2.19 bits per heavy atom. The lowest BCUT2D eigenvalue weighted by Crippen LogP contribution is -2.53. The number of thiol groups is 1. The number of amides is 1. The van der Waals surface area contributed by atoms with Crippen LogP contribution in [0.3, 0.4) is 0 Å². The molecule has 2 aliphatic heterocycles. The van der Waals surface area contributed by atoms with Crippen LogP contribution in [-0.4, -0.2) is 27.9 Å². The van der Waals surface area contributed by atoms with Crippen molar-refractivity contribution in [1.82, 2.24) is 4.90 Å². The molecule has 1 atom stereocenters. The lowest BCUT2D eigenvalue weighted by Gasteiger charge is -2.43. The fraction of sp³-hybridized carbons (Fsp3) is 0.200. The third kappa shape index (κ3) is 3.15. The van der Waals surface area contributed by atoms with Crippen LogP contribution in [-0.2, 0) is 14.3 Å². The summed E-state index contributed by atoms with van der Waals surface area (Å²) in [5, 5.41) is 0.0212. The summed E-state index contributed by atoms with van der Waals surface area (Å²) in [6.07, 6.45) is -0.0773. The summed E-state index contributed by atoms with van der Waals surface area (Å²) in [5.74, 6) is 0.0475. The van der Waals surface area contributed by atoms with Gasteiger partial charge in [0.1, 0.15) is 5.70 Å². The highest BCUT2D eigenvalue weighted by atomic mass is 32.2. The average molecular weight is 383 g/mol. The molecule has 0 aromatic heterocycles. The van der Waals surface area contributed by atoms with Crippen molar-refractivity contribution in [2.75, 3.05) is 5.75 Å².